The van der Waals surface area contributed by atoms with E-state index >= 15 is 0 Å². The maximum absolute atomic E-state index is 13.1. The number of carbonyl (C=O) groups excluding carboxylic acids is 3. The first-order chi connectivity index (χ1) is 14.9. The van der Waals surface area contributed by atoms with Gasteiger partial charge in [-0.3, -0.25) is 14.9 Å². The molecule has 31 heavy (non-hydrogen) atoms. The van der Waals surface area contributed by atoms with Crippen LogP contribution in [-0.2, 0) is 9.59 Å². The van der Waals surface area contributed by atoms with Gasteiger partial charge in [-0.1, -0.05) is 12.1 Å². The Morgan fingerprint density at radius 3 is 2.42 bits per heavy atom. The average molecular weight is 421 g/mol. The fraction of sp³-hybridized carbons (Fsp3) is 0.292. The number of hydrogen-bond donors (Lipinski definition) is 1. The molecule has 0 radical (unpaired) electrons. The lowest BCUT2D eigenvalue weighted by molar-refractivity contribution is -0.122. The minimum atomic E-state index is -0.783. The SMILES string of the molecule is CCOc1cccc(N2C(=O)NC(=O)C(=Cc3ccc(N(CC)CC)cc3C)C2=O)c1. The van der Waals surface area contributed by atoms with Gasteiger partial charge in [0.1, 0.15) is 11.3 Å². The van der Waals surface area contributed by atoms with Crippen LogP contribution >= 0.6 is 0 Å². The summed E-state index contributed by atoms with van der Waals surface area (Å²) in [6, 6.07) is 11.7. The molecule has 7 heteroatoms. The number of barbiturate groups is 1. The van der Waals surface area contributed by atoms with Gasteiger partial charge >= 0.3 is 6.03 Å². The molecule has 0 bridgehead atoms. The third kappa shape index (κ3) is 4.60. The first kappa shape index (κ1) is 22.1. The molecular formula is C24H27N3O4. The molecule has 4 amide bonds. The minimum absolute atomic E-state index is 0.0971. The molecule has 2 aromatic rings. The lowest BCUT2D eigenvalue weighted by atomic mass is 10.0. The number of ether oxygens (including phenoxy) is 1. The molecule has 1 heterocycles. The number of anilines is 2. The Morgan fingerprint density at radius 1 is 1.03 bits per heavy atom. The molecule has 3 rings (SSSR count). The summed E-state index contributed by atoms with van der Waals surface area (Å²) in [5, 5.41) is 2.26. The maximum atomic E-state index is 13.1. The molecular weight excluding hydrogens is 394 g/mol. The van der Waals surface area contributed by atoms with Crippen LogP contribution in [0.4, 0.5) is 16.2 Å². The Hall–Kier alpha value is -3.61. The summed E-state index contributed by atoms with van der Waals surface area (Å²) in [6.07, 6.45) is 1.53. The van der Waals surface area contributed by atoms with Gasteiger partial charge in [0.2, 0.25) is 0 Å². The summed E-state index contributed by atoms with van der Waals surface area (Å²) in [5.41, 5.74) is 2.99. The first-order valence-electron chi connectivity index (χ1n) is 10.4. The van der Waals surface area contributed by atoms with Crippen LogP contribution in [-0.4, -0.2) is 37.5 Å². The van der Waals surface area contributed by atoms with E-state index < -0.39 is 17.8 Å². The second kappa shape index (κ2) is 9.47. The molecule has 162 valence electrons. The number of carbonyl (C=O) groups is 3. The fourth-order valence-corrected chi connectivity index (χ4v) is 3.53. The number of nitrogens with zero attached hydrogens (tertiary/aromatic N) is 2. The van der Waals surface area contributed by atoms with Gasteiger partial charge in [-0.25, -0.2) is 9.69 Å². The molecule has 7 nitrogen and oxygen atoms in total. The molecule has 2 aromatic carbocycles. The van der Waals surface area contributed by atoms with Gasteiger partial charge < -0.3 is 9.64 Å². The van der Waals surface area contributed by atoms with Crippen LogP contribution in [0.1, 0.15) is 31.9 Å². The Morgan fingerprint density at radius 2 is 1.77 bits per heavy atom. The molecule has 0 spiro atoms. The number of aryl methyl sites for hydroxylation is 1. The molecule has 0 atom stereocenters. The summed E-state index contributed by atoms with van der Waals surface area (Å²) < 4.78 is 5.46. The van der Waals surface area contributed by atoms with Gasteiger partial charge in [0, 0.05) is 24.8 Å². The van der Waals surface area contributed by atoms with Crippen LogP contribution in [0, 0.1) is 6.92 Å². The van der Waals surface area contributed by atoms with E-state index in [4.69, 9.17) is 4.74 Å². The lowest BCUT2D eigenvalue weighted by Crippen LogP contribution is -2.54. The Labute approximate surface area is 182 Å². The molecule has 1 aliphatic rings. The highest BCUT2D eigenvalue weighted by atomic mass is 16.5. The summed E-state index contributed by atoms with van der Waals surface area (Å²) >= 11 is 0. The second-order valence-electron chi connectivity index (χ2n) is 7.10. The van der Waals surface area contributed by atoms with Gasteiger partial charge in [-0.15, -0.1) is 0 Å². The normalized spacial score (nSPS) is 15.3. The van der Waals surface area contributed by atoms with Crippen molar-refractivity contribution >= 4 is 35.3 Å². The van der Waals surface area contributed by atoms with E-state index in [2.05, 4.69) is 24.1 Å². The molecule has 1 aliphatic heterocycles. The van der Waals surface area contributed by atoms with Gasteiger partial charge in [0.15, 0.2) is 0 Å². The molecule has 0 saturated carbocycles. The number of imide groups is 2. The van der Waals surface area contributed by atoms with Crippen molar-refractivity contribution in [3.05, 3.63) is 59.2 Å². The number of nitrogens with one attached hydrogen (secondary N) is 1. The third-order valence-corrected chi connectivity index (χ3v) is 5.17. The molecule has 0 aliphatic carbocycles. The predicted molar refractivity (Wildman–Crippen MR) is 121 cm³/mol. The Kier molecular flexibility index (Phi) is 6.74. The summed E-state index contributed by atoms with van der Waals surface area (Å²) in [7, 11) is 0. The molecule has 1 N–H and O–H groups in total. The summed E-state index contributed by atoms with van der Waals surface area (Å²) in [5.74, 6) is -0.847. The number of urea groups is 1. The van der Waals surface area contributed by atoms with Crippen molar-refractivity contribution in [3.8, 4) is 5.75 Å². The smallest absolute Gasteiger partial charge is 0.335 e. The minimum Gasteiger partial charge on any atom is -0.494 e. The third-order valence-electron chi connectivity index (χ3n) is 5.17. The van der Waals surface area contributed by atoms with E-state index in [0.717, 1.165) is 34.8 Å². The number of rotatable bonds is 7. The molecule has 0 aromatic heterocycles. The van der Waals surface area contributed by atoms with Crippen LogP contribution in [0.15, 0.2) is 48.0 Å². The zero-order valence-electron chi connectivity index (χ0n) is 18.3. The topological polar surface area (TPSA) is 79.0 Å². The van der Waals surface area contributed by atoms with Crippen LogP contribution in [0.25, 0.3) is 6.08 Å². The molecule has 0 unspecified atom stereocenters. The van der Waals surface area contributed by atoms with Crippen LogP contribution in [0.2, 0.25) is 0 Å². The van der Waals surface area contributed by atoms with Gasteiger partial charge in [-0.05, 0) is 69.2 Å². The highest BCUT2D eigenvalue weighted by Gasteiger charge is 2.37. The van der Waals surface area contributed by atoms with Crippen LogP contribution in [0.5, 0.6) is 5.75 Å². The van der Waals surface area contributed by atoms with Crippen LogP contribution in [0.3, 0.4) is 0 Å². The van der Waals surface area contributed by atoms with Crippen LogP contribution < -0.4 is 19.9 Å². The Bertz CT molecular complexity index is 1040. The van der Waals surface area contributed by atoms with Crippen molar-refractivity contribution in [3.63, 3.8) is 0 Å². The van der Waals surface area contributed by atoms with Crippen molar-refractivity contribution in [2.75, 3.05) is 29.5 Å². The van der Waals surface area contributed by atoms with E-state index in [-0.39, 0.29) is 5.57 Å². The number of hydrogen-bond acceptors (Lipinski definition) is 5. The largest absolute Gasteiger partial charge is 0.494 e. The van der Waals surface area contributed by atoms with E-state index in [9.17, 15) is 14.4 Å². The van der Waals surface area contributed by atoms with Crippen molar-refractivity contribution in [2.45, 2.75) is 27.7 Å². The first-order valence-corrected chi connectivity index (χ1v) is 10.4. The monoisotopic (exact) mass is 421 g/mol. The zero-order valence-corrected chi connectivity index (χ0v) is 18.3. The van der Waals surface area contributed by atoms with Gasteiger partial charge in [0.05, 0.1) is 12.3 Å². The van der Waals surface area contributed by atoms with E-state index in [1.54, 1.807) is 24.3 Å². The summed E-state index contributed by atoms with van der Waals surface area (Å²) in [4.78, 5) is 41.2. The standard InChI is InChI=1S/C24H27N3O4/c1-5-26(6-2)18-12-11-17(16(4)13-18)14-21-22(28)25-24(30)27(23(21)29)19-9-8-10-20(15-19)31-7-3/h8-15H,5-7H2,1-4H3,(H,25,28,30). The highest BCUT2D eigenvalue weighted by molar-refractivity contribution is 6.39. The van der Waals surface area contributed by atoms with Gasteiger partial charge in [-0.2, -0.15) is 0 Å². The Balaban J connectivity index is 1.97. The lowest BCUT2D eigenvalue weighted by Gasteiger charge is -2.27. The second-order valence-corrected chi connectivity index (χ2v) is 7.10. The maximum Gasteiger partial charge on any atom is 0.335 e. The predicted octanol–water partition coefficient (Wildman–Crippen LogP) is 3.91. The highest BCUT2D eigenvalue weighted by Crippen LogP contribution is 2.27. The van der Waals surface area contributed by atoms with Gasteiger partial charge in [0.25, 0.3) is 11.8 Å². The van der Waals surface area contributed by atoms with Crippen molar-refractivity contribution in [1.29, 1.82) is 0 Å². The molecule has 1 saturated heterocycles. The number of amides is 4. The van der Waals surface area contributed by atoms with Crippen molar-refractivity contribution in [1.82, 2.24) is 5.32 Å². The van der Waals surface area contributed by atoms with Crippen molar-refractivity contribution in [2.24, 2.45) is 0 Å². The average Bonchev–Trinajstić information content (AvgIpc) is 2.73. The molecule has 1 fully saturated rings. The fourth-order valence-electron chi connectivity index (χ4n) is 3.53. The van der Waals surface area contributed by atoms with E-state index in [1.807, 2.05) is 32.0 Å². The van der Waals surface area contributed by atoms with E-state index in [1.165, 1.54) is 6.08 Å². The summed E-state index contributed by atoms with van der Waals surface area (Å²) in [6.45, 7) is 10.2. The zero-order chi connectivity index (χ0) is 22.5. The number of benzene rings is 2. The quantitative estimate of drug-likeness (QED) is 0.542. The van der Waals surface area contributed by atoms with E-state index in [0.29, 0.717) is 18.0 Å². The van der Waals surface area contributed by atoms with Crippen molar-refractivity contribution < 1.29 is 19.1 Å².